The third kappa shape index (κ3) is 2.06. The first kappa shape index (κ1) is 11.4. The number of methoxy groups -OCH3 is 1. The molecule has 0 spiro atoms. The van der Waals surface area contributed by atoms with Crippen molar-refractivity contribution >= 4 is 0 Å². The van der Waals surface area contributed by atoms with Crippen molar-refractivity contribution in [2.24, 2.45) is 0 Å². The van der Waals surface area contributed by atoms with E-state index in [2.05, 4.69) is 36.3 Å². The summed E-state index contributed by atoms with van der Waals surface area (Å²) in [4.78, 5) is 2.41. The highest BCUT2D eigenvalue weighted by atomic mass is 16.5. The van der Waals surface area contributed by atoms with E-state index in [-0.39, 0.29) is 0 Å². The van der Waals surface area contributed by atoms with Gasteiger partial charge in [-0.15, -0.1) is 0 Å². The van der Waals surface area contributed by atoms with E-state index in [0.717, 1.165) is 18.8 Å². The molecule has 3 heteroatoms. The molecule has 0 aromatic heterocycles. The molecule has 16 heavy (non-hydrogen) atoms. The fraction of sp³-hybridized carbons (Fsp3) is 0.538. The molecule has 3 nitrogen and oxygen atoms in total. The third-order valence-corrected chi connectivity index (χ3v) is 3.54. The highest BCUT2D eigenvalue weighted by Crippen LogP contribution is 2.29. The maximum Gasteiger partial charge on any atom is 0.123 e. The zero-order chi connectivity index (χ0) is 11.5. The Labute approximate surface area is 97.4 Å². The molecule has 1 atom stereocenters. The van der Waals surface area contributed by atoms with Crippen molar-refractivity contribution in [2.75, 3.05) is 27.2 Å². The third-order valence-electron chi connectivity index (χ3n) is 3.54. The molecule has 0 bridgehead atoms. The second-order valence-electron chi connectivity index (χ2n) is 4.40. The van der Waals surface area contributed by atoms with Crippen LogP contribution in [-0.2, 0) is 0 Å². The van der Waals surface area contributed by atoms with E-state index in [1.165, 1.54) is 5.56 Å². The minimum Gasteiger partial charge on any atom is -0.496 e. The first-order valence-electron chi connectivity index (χ1n) is 5.79. The van der Waals surface area contributed by atoms with Gasteiger partial charge < -0.3 is 10.1 Å². The monoisotopic (exact) mass is 220 g/mol. The molecular weight excluding hydrogens is 200 g/mol. The van der Waals surface area contributed by atoms with Gasteiger partial charge in [-0.2, -0.15) is 0 Å². The van der Waals surface area contributed by atoms with Crippen molar-refractivity contribution in [3.8, 4) is 5.75 Å². The Morgan fingerprint density at radius 3 is 2.62 bits per heavy atom. The summed E-state index contributed by atoms with van der Waals surface area (Å²) in [5.41, 5.74) is 1.26. The number of para-hydroxylation sites is 1. The summed E-state index contributed by atoms with van der Waals surface area (Å²) in [5, 5.41) is 3.30. The average molecular weight is 220 g/mol. The number of nitrogens with zero attached hydrogens (tertiary/aromatic N) is 1. The molecule has 1 aliphatic heterocycles. The average Bonchev–Trinajstić information content (AvgIpc) is 2.25. The lowest BCUT2D eigenvalue weighted by molar-refractivity contribution is 0.134. The topological polar surface area (TPSA) is 24.5 Å². The largest absolute Gasteiger partial charge is 0.496 e. The zero-order valence-electron chi connectivity index (χ0n) is 10.2. The predicted octanol–water partition coefficient (Wildman–Crippen LogP) is 1.66. The Kier molecular flexibility index (Phi) is 3.46. The van der Waals surface area contributed by atoms with E-state index in [1.807, 2.05) is 12.1 Å². The van der Waals surface area contributed by atoms with Crippen LogP contribution < -0.4 is 10.1 Å². The highest BCUT2D eigenvalue weighted by molar-refractivity contribution is 5.35. The molecule has 1 aliphatic rings. The molecule has 1 fully saturated rings. The number of hydrogen-bond donors (Lipinski definition) is 1. The number of benzene rings is 1. The minimum atomic E-state index is 0.392. The molecule has 1 heterocycles. The van der Waals surface area contributed by atoms with E-state index in [9.17, 15) is 0 Å². The smallest absolute Gasteiger partial charge is 0.123 e. The van der Waals surface area contributed by atoms with Crippen LogP contribution in [0.3, 0.4) is 0 Å². The molecule has 0 amide bonds. The summed E-state index contributed by atoms with van der Waals surface area (Å²) in [6, 6.07) is 9.30. The van der Waals surface area contributed by atoms with E-state index < -0.39 is 0 Å². The first-order valence-corrected chi connectivity index (χ1v) is 5.79. The van der Waals surface area contributed by atoms with Crippen LogP contribution in [0.4, 0.5) is 0 Å². The van der Waals surface area contributed by atoms with Crippen LogP contribution in [0, 0.1) is 0 Å². The summed E-state index contributed by atoms with van der Waals surface area (Å²) >= 11 is 0. The quantitative estimate of drug-likeness (QED) is 0.835. The molecule has 1 N–H and O–H groups in total. The summed E-state index contributed by atoms with van der Waals surface area (Å²) < 4.78 is 5.41. The van der Waals surface area contributed by atoms with Gasteiger partial charge in [0.15, 0.2) is 0 Å². The highest BCUT2D eigenvalue weighted by Gasteiger charge is 2.26. The van der Waals surface area contributed by atoms with Gasteiger partial charge in [0.2, 0.25) is 0 Å². The lowest BCUT2D eigenvalue weighted by Gasteiger charge is -2.39. The molecule has 2 rings (SSSR count). The molecule has 1 saturated heterocycles. The van der Waals surface area contributed by atoms with Gasteiger partial charge in [-0.3, -0.25) is 4.90 Å². The Morgan fingerprint density at radius 1 is 1.38 bits per heavy atom. The SMILES string of the molecule is COc1ccccc1C(C)N(C)C1CNC1. The Balaban J connectivity index is 2.15. The molecule has 0 radical (unpaired) electrons. The molecule has 88 valence electrons. The van der Waals surface area contributed by atoms with E-state index in [0.29, 0.717) is 12.1 Å². The van der Waals surface area contributed by atoms with Gasteiger partial charge in [-0.05, 0) is 20.0 Å². The van der Waals surface area contributed by atoms with Gasteiger partial charge in [0.1, 0.15) is 5.75 Å². The van der Waals surface area contributed by atoms with Crippen molar-refractivity contribution in [3.63, 3.8) is 0 Å². The predicted molar refractivity (Wildman–Crippen MR) is 65.8 cm³/mol. The number of rotatable bonds is 4. The van der Waals surface area contributed by atoms with Crippen LogP contribution in [0.2, 0.25) is 0 Å². The number of ether oxygens (including phenoxy) is 1. The molecule has 1 aromatic carbocycles. The van der Waals surface area contributed by atoms with Gasteiger partial charge in [0, 0.05) is 30.7 Å². The summed E-state index contributed by atoms with van der Waals surface area (Å²) in [6.07, 6.45) is 0. The normalized spacial score (nSPS) is 18.2. The molecule has 0 saturated carbocycles. The molecular formula is C13H20N2O. The standard InChI is InChI=1S/C13H20N2O/c1-10(15(2)11-8-14-9-11)12-6-4-5-7-13(12)16-3/h4-7,10-11,14H,8-9H2,1-3H3. The van der Waals surface area contributed by atoms with Crippen molar-refractivity contribution < 1.29 is 4.74 Å². The van der Waals surface area contributed by atoms with Crippen LogP contribution in [0.15, 0.2) is 24.3 Å². The van der Waals surface area contributed by atoms with Crippen LogP contribution >= 0.6 is 0 Å². The molecule has 1 unspecified atom stereocenters. The van der Waals surface area contributed by atoms with Crippen molar-refractivity contribution in [3.05, 3.63) is 29.8 Å². The molecule has 1 aromatic rings. The van der Waals surface area contributed by atoms with Gasteiger partial charge in [0.05, 0.1) is 7.11 Å². The lowest BCUT2D eigenvalue weighted by atomic mass is 10.0. The van der Waals surface area contributed by atoms with Gasteiger partial charge in [-0.1, -0.05) is 18.2 Å². The maximum absolute atomic E-state index is 5.41. The van der Waals surface area contributed by atoms with Gasteiger partial charge >= 0.3 is 0 Å². The maximum atomic E-state index is 5.41. The summed E-state index contributed by atoms with van der Waals surface area (Å²) in [5.74, 6) is 0.981. The second-order valence-corrected chi connectivity index (χ2v) is 4.40. The van der Waals surface area contributed by atoms with Crippen LogP contribution in [0.25, 0.3) is 0 Å². The first-order chi connectivity index (χ1) is 7.74. The summed E-state index contributed by atoms with van der Waals surface area (Å²) in [6.45, 7) is 4.42. The van der Waals surface area contributed by atoms with Crippen LogP contribution in [-0.4, -0.2) is 38.2 Å². The van der Waals surface area contributed by atoms with Crippen molar-refractivity contribution in [1.82, 2.24) is 10.2 Å². The van der Waals surface area contributed by atoms with Gasteiger partial charge in [-0.25, -0.2) is 0 Å². The Bertz CT molecular complexity index is 350. The Hall–Kier alpha value is -1.06. The fourth-order valence-electron chi connectivity index (χ4n) is 2.11. The van der Waals surface area contributed by atoms with Crippen LogP contribution in [0.5, 0.6) is 5.75 Å². The number of likely N-dealkylation sites (N-methyl/N-ethyl adjacent to an activating group) is 1. The van der Waals surface area contributed by atoms with E-state index in [4.69, 9.17) is 4.74 Å². The van der Waals surface area contributed by atoms with Crippen molar-refractivity contribution in [1.29, 1.82) is 0 Å². The fourth-order valence-corrected chi connectivity index (χ4v) is 2.11. The summed E-state index contributed by atoms with van der Waals surface area (Å²) in [7, 11) is 3.92. The van der Waals surface area contributed by atoms with E-state index >= 15 is 0 Å². The zero-order valence-corrected chi connectivity index (χ0v) is 10.2. The second kappa shape index (κ2) is 4.85. The van der Waals surface area contributed by atoms with Gasteiger partial charge in [0.25, 0.3) is 0 Å². The Morgan fingerprint density at radius 2 is 2.06 bits per heavy atom. The lowest BCUT2D eigenvalue weighted by Crippen LogP contribution is -2.56. The van der Waals surface area contributed by atoms with E-state index in [1.54, 1.807) is 7.11 Å². The minimum absolute atomic E-state index is 0.392. The van der Waals surface area contributed by atoms with Crippen molar-refractivity contribution in [2.45, 2.75) is 19.0 Å². The number of nitrogens with one attached hydrogen (secondary N) is 1. The van der Waals surface area contributed by atoms with Crippen LogP contribution in [0.1, 0.15) is 18.5 Å². The molecule has 0 aliphatic carbocycles. The number of hydrogen-bond acceptors (Lipinski definition) is 3.